The molecule has 0 aliphatic carbocycles. The number of hydrogen-bond donors (Lipinski definition) is 0. The third-order valence-corrected chi connectivity index (χ3v) is 2.41. The van der Waals surface area contributed by atoms with Crippen molar-refractivity contribution in [1.29, 1.82) is 0 Å². The summed E-state index contributed by atoms with van der Waals surface area (Å²) in [6, 6.07) is 3.18. The molecule has 2 heterocycles. The van der Waals surface area contributed by atoms with E-state index in [1.165, 1.54) is 12.4 Å². The lowest BCUT2D eigenvalue weighted by atomic mass is 10.3. The molecule has 0 aliphatic rings. The zero-order chi connectivity index (χ0) is 11.1. The first-order chi connectivity index (χ1) is 6.96. The SMILES string of the molecule is FC(F)(F)Cn1ccc2cnc(Br)cc21. The smallest absolute Gasteiger partial charge is 0.338 e. The highest BCUT2D eigenvalue weighted by Crippen LogP contribution is 2.23. The van der Waals surface area contributed by atoms with Crippen LogP contribution in [-0.2, 0) is 6.54 Å². The molecule has 0 aromatic carbocycles. The molecule has 2 rings (SSSR count). The number of halogens is 4. The van der Waals surface area contributed by atoms with E-state index in [4.69, 9.17) is 0 Å². The summed E-state index contributed by atoms with van der Waals surface area (Å²) in [5.41, 5.74) is 0.522. The monoisotopic (exact) mass is 278 g/mol. The van der Waals surface area contributed by atoms with Crippen molar-refractivity contribution < 1.29 is 13.2 Å². The Bertz CT molecular complexity index is 490. The molecule has 0 N–H and O–H groups in total. The van der Waals surface area contributed by atoms with Gasteiger partial charge in [-0.1, -0.05) is 0 Å². The van der Waals surface area contributed by atoms with E-state index in [0.29, 0.717) is 15.5 Å². The highest BCUT2D eigenvalue weighted by Gasteiger charge is 2.28. The predicted molar refractivity (Wildman–Crippen MR) is 53.5 cm³/mol. The minimum absolute atomic E-state index is 0.522. The number of aromatic nitrogens is 2. The van der Waals surface area contributed by atoms with Gasteiger partial charge in [0.1, 0.15) is 11.1 Å². The van der Waals surface area contributed by atoms with Crippen LogP contribution in [0.3, 0.4) is 0 Å². The van der Waals surface area contributed by atoms with Gasteiger partial charge >= 0.3 is 6.18 Å². The van der Waals surface area contributed by atoms with E-state index in [-0.39, 0.29) is 0 Å². The molecule has 2 aromatic heterocycles. The van der Waals surface area contributed by atoms with Gasteiger partial charge in [-0.15, -0.1) is 0 Å². The van der Waals surface area contributed by atoms with Gasteiger partial charge in [0, 0.05) is 17.8 Å². The fourth-order valence-corrected chi connectivity index (χ4v) is 1.71. The van der Waals surface area contributed by atoms with Crippen LogP contribution in [0.5, 0.6) is 0 Å². The van der Waals surface area contributed by atoms with Crippen LogP contribution < -0.4 is 0 Å². The van der Waals surface area contributed by atoms with Crippen molar-refractivity contribution >= 4 is 26.8 Å². The number of pyridine rings is 1. The largest absolute Gasteiger partial charge is 0.406 e. The van der Waals surface area contributed by atoms with E-state index in [2.05, 4.69) is 20.9 Å². The molecule has 2 nitrogen and oxygen atoms in total. The van der Waals surface area contributed by atoms with Crippen molar-refractivity contribution in [3.8, 4) is 0 Å². The summed E-state index contributed by atoms with van der Waals surface area (Å²) >= 11 is 3.13. The van der Waals surface area contributed by atoms with Gasteiger partial charge in [-0.05, 0) is 28.1 Å². The van der Waals surface area contributed by atoms with Gasteiger partial charge in [0.25, 0.3) is 0 Å². The fraction of sp³-hybridized carbons (Fsp3) is 0.222. The van der Waals surface area contributed by atoms with Crippen molar-refractivity contribution in [2.45, 2.75) is 12.7 Å². The summed E-state index contributed by atoms with van der Waals surface area (Å²) in [5, 5.41) is 0.697. The second kappa shape index (κ2) is 3.52. The summed E-state index contributed by atoms with van der Waals surface area (Å²) in [5.74, 6) is 0. The summed E-state index contributed by atoms with van der Waals surface area (Å²) in [7, 11) is 0. The summed E-state index contributed by atoms with van der Waals surface area (Å²) in [4.78, 5) is 3.94. The van der Waals surface area contributed by atoms with Crippen LogP contribution in [0.1, 0.15) is 0 Å². The molecule has 0 saturated heterocycles. The molecule has 2 aromatic rings. The van der Waals surface area contributed by atoms with Crippen LogP contribution in [0.2, 0.25) is 0 Å². The molecule has 0 fully saturated rings. The molecule has 0 unspecified atom stereocenters. The molecule has 15 heavy (non-hydrogen) atoms. The van der Waals surface area contributed by atoms with E-state index < -0.39 is 12.7 Å². The maximum Gasteiger partial charge on any atom is 0.406 e. The Morgan fingerprint density at radius 1 is 1.40 bits per heavy atom. The van der Waals surface area contributed by atoms with Gasteiger partial charge in [0.05, 0.1) is 5.52 Å². The van der Waals surface area contributed by atoms with Gasteiger partial charge in [-0.2, -0.15) is 13.2 Å². The Labute approximate surface area is 91.8 Å². The molecule has 0 saturated carbocycles. The van der Waals surface area contributed by atoms with Crippen LogP contribution in [0.4, 0.5) is 13.2 Å². The summed E-state index contributed by atoms with van der Waals surface area (Å²) in [6.45, 7) is -0.979. The van der Waals surface area contributed by atoms with Crippen LogP contribution in [0, 0.1) is 0 Å². The molecule has 0 aliphatic heterocycles. The molecular formula is C9H6BrF3N2. The Morgan fingerprint density at radius 2 is 2.13 bits per heavy atom. The topological polar surface area (TPSA) is 17.8 Å². The van der Waals surface area contributed by atoms with Crippen LogP contribution in [0.15, 0.2) is 29.1 Å². The Kier molecular flexibility index (Phi) is 2.46. The van der Waals surface area contributed by atoms with E-state index in [9.17, 15) is 13.2 Å². The summed E-state index contributed by atoms with van der Waals surface area (Å²) < 4.78 is 38.3. The first-order valence-corrected chi connectivity index (χ1v) is 4.92. The van der Waals surface area contributed by atoms with Crippen molar-refractivity contribution in [1.82, 2.24) is 9.55 Å². The maximum atomic E-state index is 12.2. The molecule has 0 radical (unpaired) electrons. The van der Waals surface area contributed by atoms with Gasteiger partial charge in [-0.25, -0.2) is 4.98 Å². The lowest BCUT2D eigenvalue weighted by Gasteiger charge is -2.08. The van der Waals surface area contributed by atoms with Crippen molar-refractivity contribution in [2.75, 3.05) is 0 Å². The molecular weight excluding hydrogens is 273 g/mol. The second-order valence-corrected chi connectivity index (χ2v) is 3.94. The number of alkyl halides is 3. The van der Waals surface area contributed by atoms with Crippen molar-refractivity contribution in [3.05, 3.63) is 29.1 Å². The fourth-order valence-electron chi connectivity index (χ4n) is 1.39. The highest BCUT2D eigenvalue weighted by molar-refractivity contribution is 9.10. The molecule has 0 atom stereocenters. The number of fused-ring (bicyclic) bond motifs is 1. The molecule has 80 valence electrons. The molecule has 0 spiro atoms. The van der Waals surface area contributed by atoms with E-state index in [1.54, 1.807) is 12.1 Å². The lowest BCUT2D eigenvalue weighted by molar-refractivity contribution is -0.139. The van der Waals surface area contributed by atoms with E-state index >= 15 is 0 Å². The van der Waals surface area contributed by atoms with Gasteiger partial charge in [0.2, 0.25) is 0 Å². The van der Waals surface area contributed by atoms with E-state index in [0.717, 1.165) is 4.57 Å². The highest BCUT2D eigenvalue weighted by atomic mass is 79.9. The standard InChI is InChI=1S/C9H6BrF3N2/c10-8-3-7-6(4-14-8)1-2-15(7)5-9(11,12)13/h1-4H,5H2. The van der Waals surface area contributed by atoms with E-state index in [1.807, 2.05) is 0 Å². The normalized spacial score (nSPS) is 12.3. The first kappa shape index (κ1) is 10.5. The van der Waals surface area contributed by atoms with Gasteiger partial charge in [-0.3, -0.25) is 0 Å². The third-order valence-electron chi connectivity index (χ3n) is 1.97. The van der Waals surface area contributed by atoms with Crippen LogP contribution in [0.25, 0.3) is 10.9 Å². The zero-order valence-corrected chi connectivity index (χ0v) is 9.01. The van der Waals surface area contributed by atoms with Crippen LogP contribution >= 0.6 is 15.9 Å². The Hall–Kier alpha value is -1.04. The van der Waals surface area contributed by atoms with Gasteiger partial charge < -0.3 is 4.57 Å². The van der Waals surface area contributed by atoms with Crippen LogP contribution in [-0.4, -0.2) is 15.7 Å². The second-order valence-electron chi connectivity index (χ2n) is 3.12. The zero-order valence-electron chi connectivity index (χ0n) is 7.42. The number of nitrogens with zero attached hydrogens (tertiary/aromatic N) is 2. The Balaban J connectivity index is 2.48. The average molecular weight is 279 g/mol. The van der Waals surface area contributed by atoms with Crippen molar-refractivity contribution in [3.63, 3.8) is 0 Å². The minimum Gasteiger partial charge on any atom is -0.338 e. The number of rotatable bonds is 1. The van der Waals surface area contributed by atoms with Crippen molar-refractivity contribution in [2.24, 2.45) is 0 Å². The predicted octanol–water partition coefficient (Wildman–Crippen LogP) is 3.36. The quantitative estimate of drug-likeness (QED) is 0.732. The Morgan fingerprint density at radius 3 is 2.80 bits per heavy atom. The molecule has 0 amide bonds. The average Bonchev–Trinajstić information content (AvgIpc) is 2.46. The molecule has 6 heteroatoms. The maximum absolute atomic E-state index is 12.2. The summed E-state index contributed by atoms with van der Waals surface area (Å²) in [6.07, 6.45) is -1.26. The third kappa shape index (κ3) is 2.31. The lowest BCUT2D eigenvalue weighted by Crippen LogP contribution is -2.16. The number of hydrogen-bond acceptors (Lipinski definition) is 1. The molecule has 0 bridgehead atoms. The van der Waals surface area contributed by atoms with Gasteiger partial charge in [0.15, 0.2) is 0 Å². The first-order valence-electron chi connectivity index (χ1n) is 4.13. The minimum atomic E-state index is -4.21.